The predicted molar refractivity (Wildman–Crippen MR) is 87.6 cm³/mol. The topological polar surface area (TPSA) is 72.2 Å². The minimum Gasteiger partial charge on any atom is -0.326 e. The van der Waals surface area contributed by atoms with Gasteiger partial charge in [-0.25, -0.2) is 13.1 Å². The Hall–Kier alpha value is -1.21. The van der Waals surface area contributed by atoms with Gasteiger partial charge in [-0.15, -0.1) is 0 Å². The van der Waals surface area contributed by atoms with E-state index in [1.807, 2.05) is 48.0 Å². The van der Waals surface area contributed by atoms with Crippen molar-refractivity contribution in [2.45, 2.75) is 31.7 Å². The lowest BCUT2D eigenvalue weighted by Crippen LogP contribution is -2.34. The second kappa shape index (κ2) is 7.17. The molecular formula is C15H20N2O2S2. The molecule has 0 aliphatic carbocycles. The molecule has 1 atom stereocenters. The summed E-state index contributed by atoms with van der Waals surface area (Å²) in [4.78, 5) is 0. The molecule has 0 aliphatic rings. The van der Waals surface area contributed by atoms with Gasteiger partial charge in [0.1, 0.15) is 0 Å². The Morgan fingerprint density at radius 1 is 1.14 bits per heavy atom. The van der Waals surface area contributed by atoms with E-state index in [0.717, 1.165) is 16.7 Å². The summed E-state index contributed by atoms with van der Waals surface area (Å²) in [5.74, 6) is -0.00811. The highest BCUT2D eigenvalue weighted by molar-refractivity contribution is 7.88. The Bertz CT molecular complexity index is 649. The standard InChI is InChI=1S/C15H20N2O2S2/c1-12(8-15-6-7-20-10-15)17-21(18,19)11-14-4-2-13(9-16)3-5-14/h2-7,10,12,17H,8-9,11,16H2,1H3. The number of hydrogen-bond donors (Lipinski definition) is 2. The predicted octanol–water partition coefficient (Wildman–Crippen LogP) is 2.26. The van der Waals surface area contributed by atoms with E-state index in [4.69, 9.17) is 5.73 Å². The molecule has 1 aromatic carbocycles. The van der Waals surface area contributed by atoms with Crippen molar-refractivity contribution in [2.75, 3.05) is 0 Å². The monoisotopic (exact) mass is 324 g/mol. The van der Waals surface area contributed by atoms with Crippen LogP contribution in [-0.4, -0.2) is 14.5 Å². The Labute approximate surface area is 130 Å². The summed E-state index contributed by atoms with van der Waals surface area (Å²) in [6.45, 7) is 2.34. The maximum Gasteiger partial charge on any atom is 0.216 e. The molecule has 0 saturated carbocycles. The van der Waals surface area contributed by atoms with Crippen molar-refractivity contribution >= 4 is 21.4 Å². The Balaban J connectivity index is 1.94. The Morgan fingerprint density at radius 3 is 2.38 bits per heavy atom. The lowest BCUT2D eigenvalue weighted by molar-refractivity contribution is 0.559. The van der Waals surface area contributed by atoms with Crippen LogP contribution in [0, 0.1) is 0 Å². The molecule has 4 nitrogen and oxygen atoms in total. The zero-order valence-corrected chi connectivity index (χ0v) is 13.6. The molecule has 0 bridgehead atoms. The van der Waals surface area contributed by atoms with Crippen LogP contribution in [0.1, 0.15) is 23.6 Å². The van der Waals surface area contributed by atoms with Gasteiger partial charge in [-0.2, -0.15) is 11.3 Å². The van der Waals surface area contributed by atoms with Crippen molar-refractivity contribution < 1.29 is 8.42 Å². The van der Waals surface area contributed by atoms with E-state index in [-0.39, 0.29) is 11.8 Å². The van der Waals surface area contributed by atoms with Crippen LogP contribution >= 0.6 is 11.3 Å². The van der Waals surface area contributed by atoms with Gasteiger partial charge in [-0.3, -0.25) is 0 Å². The molecule has 2 aromatic rings. The SMILES string of the molecule is CC(Cc1ccsc1)NS(=O)(=O)Cc1ccc(CN)cc1. The van der Waals surface area contributed by atoms with E-state index in [1.54, 1.807) is 11.3 Å². The van der Waals surface area contributed by atoms with Crippen molar-refractivity contribution in [3.8, 4) is 0 Å². The zero-order valence-electron chi connectivity index (χ0n) is 12.0. The first kappa shape index (κ1) is 16.2. The summed E-state index contributed by atoms with van der Waals surface area (Å²) in [5.41, 5.74) is 8.44. The minimum atomic E-state index is -3.33. The Kier molecular flexibility index (Phi) is 5.52. The van der Waals surface area contributed by atoms with Gasteiger partial charge in [0.05, 0.1) is 5.75 Å². The highest BCUT2D eigenvalue weighted by Crippen LogP contribution is 2.11. The fourth-order valence-electron chi connectivity index (χ4n) is 2.14. The molecule has 0 fully saturated rings. The van der Waals surface area contributed by atoms with Gasteiger partial charge in [0.15, 0.2) is 0 Å². The average molecular weight is 324 g/mol. The zero-order chi connectivity index (χ0) is 15.3. The van der Waals surface area contributed by atoms with Crippen LogP contribution in [0.25, 0.3) is 0 Å². The lowest BCUT2D eigenvalue weighted by atomic mass is 10.1. The smallest absolute Gasteiger partial charge is 0.216 e. The third-order valence-electron chi connectivity index (χ3n) is 3.12. The fraction of sp³-hybridized carbons (Fsp3) is 0.333. The first-order chi connectivity index (χ1) is 9.98. The highest BCUT2D eigenvalue weighted by Gasteiger charge is 2.15. The largest absolute Gasteiger partial charge is 0.326 e. The molecule has 114 valence electrons. The third-order valence-corrected chi connectivity index (χ3v) is 5.33. The van der Waals surface area contributed by atoms with Crippen molar-refractivity contribution in [1.82, 2.24) is 4.72 Å². The van der Waals surface area contributed by atoms with Crippen LogP contribution in [0.5, 0.6) is 0 Å². The quantitative estimate of drug-likeness (QED) is 0.820. The van der Waals surface area contributed by atoms with Gasteiger partial charge < -0.3 is 5.73 Å². The van der Waals surface area contributed by atoms with E-state index in [0.29, 0.717) is 13.0 Å². The molecule has 0 spiro atoms. The molecule has 6 heteroatoms. The average Bonchev–Trinajstić information content (AvgIpc) is 2.91. The van der Waals surface area contributed by atoms with Crippen LogP contribution in [0.2, 0.25) is 0 Å². The first-order valence-electron chi connectivity index (χ1n) is 6.77. The van der Waals surface area contributed by atoms with Crippen LogP contribution in [0.3, 0.4) is 0 Å². The van der Waals surface area contributed by atoms with E-state index >= 15 is 0 Å². The second-order valence-electron chi connectivity index (χ2n) is 5.13. The second-order valence-corrected chi connectivity index (χ2v) is 7.67. The van der Waals surface area contributed by atoms with Gasteiger partial charge in [0, 0.05) is 12.6 Å². The number of nitrogens with two attached hydrogens (primary N) is 1. The molecule has 0 aliphatic heterocycles. The summed E-state index contributed by atoms with van der Waals surface area (Å²) < 4.78 is 27.0. The van der Waals surface area contributed by atoms with Gasteiger partial charge in [0.25, 0.3) is 0 Å². The summed E-state index contributed by atoms with van der Waals surface area (Å²) in [5, 5.41) is 4.03. The van der Waals surface area contributed by atoms with E-state index in [2.05, 4.69) is 4.72 Å². The molecule has 0 saturated heterocycles. The molecule has 21 heavy (non-hydrogen) atoms. The number of nitrogens with one attached hydrogen (secondary N) is 1. The molecule has 1 aromatic heterocycles. The Morgan fingerprint density at radius 2 is 1.81 bits per heavy atom. The van der Waals surface area contributed by atoms with Crippen molar-refractivity contribution in [3.63, 3.8) is 0 Å². The third kappa shape index (κ3) is 5.24. The maximum absolute atomic E-state index is 12.2. The number of rotatable bonds is 7. The van der Waals surface area contributed by atoms with E-state index < -0.39 is 10.0 Å². The molecule has 0 radical (unpaired) electrons. The van der Waals surface area contributed by atoms with Crippen molar-refractivity contribution in [3.05, 3.63) is 57.8 Å². The molecule has 1 heterocycles. The maximum atomic E-state index is 12.2. The van der Waals surface area contributed by atoms with Crippen molar-refractivity contribution in [1.29, 1.82) is 0 Å². The van der Waals surface area contributed by atoms with Gasteiger partial charge in [-0.05, 0) is 46.9 Å². The first-order valence-corrected chi connectivity index (χ1v) is 9.37. The van der Waals surface area contributed by atoms with Crippen LogP contribution in [-0.2, 0) is 28.7 Å². The molecule has 2 rings (SSSR count). The minimum absolute atomic E-state index is 0.00811. The molecule has 0 amide bonds. The summed E-state index contributed by atoms with van der Waals surface area (Å²) >= 11 is 1.62. The number of hydrogen-bond acceptors (Lipinski definition) is 4. The van der Waals surface area contributed by atoms with E-state index in [9.17, 15) is 8.42 Å². The molecular weight excluding hydrogens is 304 g/mol. The van der Waals surface area contributed by atoms with Gasteiger partial charge in [0.2, 0.25) is 10.0 Å². The summed E-state index contributed by atoms with van der Waals surface area (Å²) in [6, 6.07) is 9.24. The molecule has 3 N–H and O–H groups in total. The number of thiophene rings is 1. The summed E-state index contributed by atoms with van der Waals surface area (Å²) in [7, 11) is -3.33. The fourth-order valence-corrected chi connectivity index (χ4v) is 4.24. The lowest BCUT2D eigenvalue weighted by Gasteiger charge is -2.13. The van der Waals surface area contributed by atoms with Crippen LogP contribution < -0.4 is 10.5 Å². The van der Waals surface area contributed by atoms with Crippen molar-refractivity contribution in [2.24, 2.45) is 5.73 Å². The summed E-state index contributed by atoms with van der Waals surface area (Å²) in [6.07, 6.45) is 0.703. The van der Waals surface area contributed by atoms with E-state index in [1.165, 1.54) is 0 Å². The normalized spacial score (nSPS) is 13.2. The van der Waals surface area contributed by atoms with Crippen LogP contribution in [0.4, 0.5) is 0 Å². The van der Waals surface area contributed by atoms with Crippen LogP contribution in [0.15, 0.2) is 41.1 Å². The number of benzene rings is 1. The highest BCUT2D eigenvalue weighted by atomic mass is 32.2. The van der Waals surface area contributed by atoms with Gasteiger partial charge >= 0.3 is 0 Å². The van der Waals surface area contributed by atoms with Gasteiger partial charge in [-0.1, -0.05) is 24.3 Å². The molecule has 1 unspecified atom stereocenters. The number of sulfonamides is 1.